The standard InChI is InChI=1S/C21H33N3O2/c1-16(25)24(19-13-9-8-12-18(19)21(2,3)4)15-14-22-20(26)23-17-10-6-5-7-11-17/h8-9,12-13,17H,5-7,10-11,14-15H2,1-4H3,(H2,22,23,26). The summed E-state index contributed by atoms with van der Waals surface area (Å²) in [5.41, 5.74) is 1.99. The molecule has 1 saturated carbocycles. The highest BCUT2D eigenvalue weighted by molar-refractivity contribution is 5.92. The number of carbonyl (C=O) groups excluding carboxylic acids is 2. The first-order valence-corrected chi connectivity index (χ1v) is 9.71. The molecule has 26 heavy (non-hydrogen) atoms. The van der Waals surface area contributed by atoms with Gasteiger partial charge in [0.05, 0.1) is 0 Å². The molecule has 0 aliphatic heterocycles. The number of nitrogens with zero attached hydrogens (tertiary/aromatic N) is 1. The van der Waals surface area contributed by atoms with Crippen LogP contribution in [0.2, 0.25) is 0 Å². The molecule has 1 aliphatic carbocycles. The third-order valence-corrected chi connectivity index (χ3v) is 4.94. The van der Waals surface area contributed by atoms with E-state index in [2.05, 4.69) is 37.5 Å². The molecule has 144 valence electrons. The molecule has 0 radical (unpaired) electrons. The maximum absolute atomic E-state index is 12.2. The number of benzene rings is 1. The van der Waals surface area contributed by atoms with Gasteiger partial charge in [0.15, 0.2) is 0 Å². The summed E-state index contributed by atoms with van der Waals surface area (Å²) in [6.07, 6.45) is 5.76. The molecular weight excluding hydrogens is 326 g/mol. The van der Waals surface area contributed by atoms with Crippen LogP contribution in [0, 0.1) is 0 Å². The zero-order valence-corrected chi connectivity index (χ0v) is 16.6. The lowest BCUT2D eigenvalue weighted by Crippen LogP contribution is -2.46. The summed E-state index contributed by atoms with van der Waals surface area (Å²) in [6.45, 7) is 8.87. The Morgan fingerprint density at radius 1 is 1.12 bits per heavy atom. The van der Waals surface area contributed by atoms with Gasteiger partial charge >= 0.3 is 6.03 Å². The number of amides is 3. The van der Waals surface area contributed by atoms with Gasteiger partial charge in [-0.1, -0.05) is 58.2 Å². The number of hydrogen-bond acceptors (Lipinski definition) is 2. The second-order valence-corrected chi connectivity index (χ2v) is 8.17. The largest absolute Gasteiger partial charge is 0.336 e. The molecule has 5 heteroatoms. The molecule has 5 nitrogen and oxygen atoms in total. The van der Waals surface area contributed by atoms with Crippen molar-refractivity contribution in [1.29, 1.82) is 0 Å². The monoisotopic (exact) mass is 359 g/mol. The maximum Gasteiger partial charge on any atom is 0.315 e. The van der Waals surface area contributed by atoms with Crippen LogP contribution >= 0.6 is 0 Å². The minimum absolute atomic E-state index is 0.0174. The normalized spacial score (nSPS) is 15.4. The summed E-state index contributed by atoms with van der Waals surface area (Å²) in [6, 6.07) is 8.14. The Morgan fingerprint density at radius 3 is 2.38 bits per heavy atom. The van der Waals surface area contributed by atoms with E-state index >= 15 is 0 Å². The minimum Gasteiger partial charge on any atom is -0.336 e. The van der Waals surface area contributed by atoms with Gasteiger partial charge in [0.2, 0.25) is 5.91 Å². The van der Waals surface area contributed by atoms with E-state index in [1.807, 2.05) is 18.2 Å². The van der Waals surface area contributed by atoms with E-state index in [4.69, 9.17) is 0 Å². The third-order valence-electron chi connectivity index (χ3n) is 4.94. The zero-order chi connectivity index (χ0) is 19.2. The average Bonchev–Trinajstić information content (AvgIpc) is 2.58. The Bertz CT molecular complexity index is 616. The molecular formula is C21H33N3O2. The Kier molecular flexibility index (Phi) is 7.06. The SMILES string of the molecule is CC(=O)N(CCNC(=O)NC1CCCCC1)c1ccccc1C(C)(C)C. The third kappa shape index (κ3) is 5.75. The predicted molar refractivity (Wildman–Crippen MR) is 107 cm³/mol. The Labute approximate surface area is 157 Å². The second kappa shape index (κ2) is 9.06. The summed E-state index contributed by atoms with van der Waals surface area (Å²) in [5.74, 6) is -0.0174. The van der Waals surface area contributed by atoms with Gasteiger partial charge in [0.1, 0.15) is 0 Å². The molecule has 2 rings (SSSR count). The van der Waals surface area contributed by atoms with E-state index in [-0.39, 0.29) is 23.4 Å². The topological polar surface area (TPSA) is 61.4 Å². The van der Waals surface area contributed by atoms with Gasteiger partial charge < -0.3 is 15.5 Å². The van der Waals surface area contributed by atoms with Gasteiger partial charge in [-0.2, -0.15) is 0 Å². The van der Waals surface area contributed by atoms with Crippen molar-refractivity contribution in [2.75, 3.05) is 18.0 Å². The number of hydrogen-bond donors (Lipinski definition) is 2. The van der Waals surface area contributed by atoms with E-state index < -0.39 is 0 Å². The van der Waals surface area contributed by atoms with Crippen molar-refractivity contribution < 1.29 is 9.59 Å². The molecule has 0 heterocycles. The highest BCUT2D eigenvalue weighted by atomic mass is 16.2. The van der Waals surface area contributed by atoms with Crippen molar-refractivity contribution in [3.8, 4) is 0 Å². The van der Waals surface area contributed by atoms with Gasteiger partial charge in [0, 0.05) is 31.7 Å². The molecule has 0 atom stereocenters. The first kappa shape index (κ1) is 20.3. The number of para-hydroxylation sites is 1. The summed E-state index contributed by atoms with van der Waals surface area (Å²) < 4.78 is 0. The van der Waals surface area contributed by atoms with Crippen LogP contribution in [0.4, 0.5) is 10.5 Å². The molecule has 3 amide bonds. The summed E-state index contributed by atoms with van der Waals surface area (Å²) in [5, 5.41) is 5.94. The lowest BCUT2D eigenvalue weighted by atomic mass is 9.85. The van der Waals surface area contributed by atoms with Crippen molar-refractivity contribution in [2.24, 2.45) is 0 Å². The van der Waals surface area contributed by atoms with Crippen LogP contribution < -0.4 is 15.5 Å². The van der Waals surface area contributed by atoms with Crippen LogP contribution in [-0.4, -0.2) is 31.1 Å². The van der Waals surface area contributed by atoms with Gasteiger partial charge in [-0.15, -0.1) is 0 Å². The number of nitrogens with one attached hydrogen (secondary N) is 2. The molecule has 1 aromatic rings. The van der Waals surface area contributed by atoms with Crippen LogP contribution in [0.3, 0.4) is 0 Å². The number of anilines is 1. The van der Waals surface area contributed by atoms with Gasteiger partial charge in [-0.05, 0) is 29.9 Å². The van der Waals surface area contributed by atoms with Crippen LogP contribution in [0.15, 0.2) is 24.3 Å². The van der Waals surface area contributed by atoms with Gasteiger partial charge in [-0.25, -0.2) is 4.79 Å². The van der Waals surface area contributed by atoms with Crippen LogP contribution in [-0.2, 0) is 10.2 Å². The van der Waals surface area contributed by atoms with E-state index in [1.54, 1.807) is 11.8 Å². The molecule has 0 bridgehead atoms. The van der Waals surface area contributed by atoms with E-state index in [0.717, 1.165) is 24.1 Å². The van der Waals surface area contributed by atoms with Crippen molar-refractivity contribution >= 4 is 17.6 Å². The fourth-order valence-corrected chi connectivity index (χ4v) is 3.56. The fourth-order valence-electron chi connectivity index (χ4n) is 3.56. The zero-order valence-electron chi connectivity index (χ0n) is 16.6. The molecule has 0 spiro atoms. The van der Waals surface area contributed by atoms with Crippen molar-refractivity contribution in [1.82, 2.24) is 10.6 Å². The Hall–Kier alpha value is -2.04. The molecule has 1 aromatic carbocycles. The highest BCUT2D eigenvalue weighted by Crippen LogP contribution is 2.31. The molecule has 0 unspecified atom stereocenters. The smallest absolute Gasteiger partial charge is 0.315 e. The maximum atomic E-state index is 12.2. The van der Waals surface area contributed by atoms with Crippen LogP contribution in [0.1, 0.15) is 65.4 Å². The van der Waals surface area contributed by atoms with E-state index in [1.165, 1.54) is 19.3 Å². The lowest BCUT2D eigenvalue weighted by Gasteiger charge is -2.30. The molecule has 1 fully saturated rings. The van der Waals surface area contributed by atoms with Gasteiger partial charge in [-0.3, -0.25) is 4.79 Å². The Morgan fingerprint density at radius 2 is 1.77 bits per heavy atom. The highest BCUT2D eigenvalue weighted by Gasteiger charge is 2.23. The van der Waals surface area contributed by atoms with Gasteiger partial charge in [0.25, 0.3) is 0 Å². The summed E-state index contributed by atoms with van der Waals surface area (Å²) >= 11 is 0. The van der Waals surface area contributed by atoms with Crippen LogP contribution in [0.5, 0.6) is 0 Å². The summed E-state index contributed by atoms with van der Waals surface area (Å²) in [7, 11) is 0. The minimum atomic E-state index is -0.135. The van der Waals surface area contributed by atoms with Crippen LogP contribution in [0.25, 0.3) is 0 Å². The number of urea groups is 1. The predicted octanol–water partition coefficient (Wildman–Crippen LogP) is 3.97. The Balaban J connectivity index is 1.95. The van der Waals surface area contributed by atoms with Crippen molar-refractivity contribution in [3.63, 3.8) is 0 Å². The van der Waals surface area contributed by atoms with E-state index in [9.17, 15) is 9.59 Å². The van der Waals surface area contributed by atoms with Crippen molar-refractivity contribution in [3.05, 3.63) is 29.8 Å². The fraction of sp³-hybridized carbons (Fsp3) is 0.619. The molecule has 2 N–H and O–H groups in total. The first-order valence-electron chi connectivity index (χ1n) is 9.71. The quantitative estimate of drug-likeness (QED) is 0.836. The van der Waals surface area contributed by atoms with E-state index in [0.29, 0.717) is 13.1 Å². The molecule has 1 aliphatic rings. The second-order valence-electron chi connectivity index (χ2n) is 8.17. The first-order chi connectivity index (χ1) is 12.3. The summed E-state index contributed by atoms with van der Waals surface area (Å²) in [4.78, 5) is 26.1. The average molecular weight is 360 g/mol. The molecule has 0 saturated heterocycles. The lowest BCUT2D eigenvalue weighted by molar-refractivity contribution is -0.116. The molecule has 0 aromatic heterocycles. The number of rotatable bonds is 5. The number of carbonyl (C=O) groups is 2. The van der Waals surface area contributed by atoms with Crippen molar-refractivity contribution in [2.45, 2.75) is 71.3 Å².